The second kappa shape index (κ2) is 7.71. The lowest BCUT2D eigenvalue weighted by Crippen LogP contribution is -2.18. The lowest BCUT2D eigenvalue weighted by molar-refractivity contribution is 0.0480. The highest BCUT2D eigenvalue weighted by molar-refractivity contribution is 5.83. The van der Waals surface area contributed by atoms with Crippen molar-refractivity contribution in [1.82, 2.24) is 20.2 Å². The Bertz CT molecular complexity index is 1220. The summed E-state index contributed by atoms with van der Waals surface area (Å²) < 4.78 is 31.1. The van der Waals surface area contributed by atoms with E-state index < -0.39 is 5.92 Å². The molecule has 1 aliphatic heterocycles. The summed E-state index contributed by atoms with van der Waals surface area (Å²) in [4.78, 5) is 10.3. The Balaban J connectivity index is 1.51. The van der Waals surface area contributed by atoms with Crippen molar-refractivity contribution in [2.45, 2.75) is 31.7 Å². The first-order valence-corrected chi connectivity index (χ1v) is 10.9. The normalized spacial score (nSPS) is 19.6. The third-order valence-corrected chi connectivity index (χ3v) is 6.61. The molecular formula is C26H26F2N4. The quantitative estimate of drug-likeness (QED) is 0.515. The van der Waals surface area contributed by atoms with Gasteiger partial charge in [-0.1, -0.05) is 30.8 Å². The van der Waals surface area contributed by atoms with Crippen LogP contribution in [0.3, 0.4) is 0 Å². The zero-order chi connectivity index (χ0) is 22.5. The first kappa shape index (κ1) is 20.6. The van der Waals surface area contributed by atoms with E-state index in [9.17, 15) is 0 Å². The first-order valence-electron chi connectivity index (χ1n) is 10.9. The molecule has 2 N–H and O–H groups in total. The van der Waals surface area contributed by atoms with Crippen molar-refractivity contribution >= 4 is 5.57 Å². The Morgan fingerprint density at radius 3 is 2.69 bits per heavy atom. The number of nitrogens with one attached hydrogen (secondary N) is 2. The van der Waals surface area contributed by atoms with E-state index in [2.05, 4.69) is 28.8 Å². The van der Waals surface area contributed by atoms with Gasteiger partial charge in [-0.05, 0) is 74.0 Å². The standard InChI is InChI=1S/C26H26F2N4/c1-4-29-14-16(2)17-7-9-19-20-10-8-18(13-22(20)26(27,28)21(19)12-17)23-15-30-25(31-23)24-6-5-11-32(24)3/h4,7-10,12-15,24,29H,1,5-6,11H2,2-3H3,(H,30,31)/b16-14+. The topological polar surface area (TPSA) is 44.0 Å². The van der Waals surface area contributed by atoms with Crippen molar-refractivity contribution in [2.24, 2.45) is 0 Å². The van der Waals surface area contributed by atoms with Gasteiger partial charge in [0.25, 0.3) is 5.92 Å². The van der Waals surface area contributed by atoms with Gasteiger partial charge in [-0.3, -0.25) is 4.90 Å². The van der Waals surface area contributed by atoms with E-state index in [1.807, 2.05) is 25.3 Å². The van der Waals surface area contributed by atoms with Crippen LogP contribution in [0.15, 0.2) is 61.6 Å². The van der Waals surface area contributed by atoms with E-state index in [1.165, 1.54) is 0 Å². The number of hydrogen-bond acceptors (Lipinski definition) is 3. The fraction of sp³-hybridized carbons (Fsp3) is 0.269. The van der Waals surface area contributed by atoms with Crippen molar-refractivity contribution < 1.29 is 8.78 Å². The van der Waals surface area contributed by atoms with Crippen LogP contribution in [0.25, 0.3) is 28.0 Å². The average Bonchev–Trinajstić information content (AvgIpc) is 3.49. The van der Waals surface area contributed by atoms with Crippen LogP contribution in [0.4, 0.5) is 8.78 Å². The number of benzene rings is 2. The predicted octanol–water partition coefficient (Wildman–Crippen LogP) is 6.06. The molecule has 6 heteroatoms. The monoisotopic (exact) mass is 432 g/mol. The molecule has 2 aliphatic rings. The molecule has 0 bridgehead atoms. The Kier molecular flexibility index (Phi) is 4.97. The molecule has 0 saturated carbocycles. The van der Waals surface area contributed by atoms with Crippen molar-refractivity contribution in [3.8, 4) is 22.4 Å². The van der Waals surface area contributed by atoms with Gasteiger partial charge in [0.1, 0.15) is 5.82 Å². The van der Waals surface area contributed by atoms with Gasteiger partial charge in [-0.2, -0.15) is 8.78 Å². The molecule has 0 amide bonds. The number of nitrogens with zero attached hydrogens (tertiary/aromatic N) is 2. The summed E-state index contributed by atoms with van der Waals surface area (Å²) >= 11 is 0. The van der Waals surface area contributed by atoms with Crippen molar-refractivity contribution in [3.05, 3.63) is 84.1 Å². The number of imidazole rings is 1. The zero-order valence-electron chi connectivity index (χ0n) is 18.3. The Hall–Kier alpha value is -3.25. The van der Waals surface area contributed by atoms with E-state index >= 15 is 8.78 Å². The van der Waals surface area contributed by atoms with Crippen LogP contribution in [0.1, 0.15) is 48.3 Å². The van der Waals surface area contributed by atoms with Gasteiger partial charge < -0.3 is 10.3 Å². The van der Waals surface area contributed by atoms with Crippen molar-refractivity contribution in [2.75, 3.05) is 13.6 Å². The molecule has 0 radical (unpaired) electrons. The van der Waals surface area contributed by atoms with E-state index in [4.69, 9.17) is 4.98 Å². The minimum absolute atomic E-state index is 0.0375. The van der Waals surface area contributed by atoms with Crippen LogP contribution in [0.5, 0.6) is 0 Å². The fourth-order valence-corrected chi connectivity index (χ4v) is 4.81. The summed E-state index contributed by atoms with van der Waals surface area (Å²) in [5.41, 5.74) is 4.26. The highest BCUT2D eigenvalue weighted by atomic mass is 19.3. The molecule has 1 atom stereocenters. The number of H-pyrrole nitrogens is 1. The predicted molar refractivity (Wildman–Crippen MR) is 124 cm³/mol. The molecule has 0 spiro atoms. The van der Waals surface area contributed by atoms with E-state index in [-0.39, 0.29) is 17.2 Å². The molecule has 3 aromatic rings. The minimum atomic E-state index is -3.06. The Morgan fingerprint density at radius 1 is 1.22 bits per heavy atom. The second-order valence-electron chi connectivity index (χ2n) is 8.60. The lowest BCUT2D eigenvalue weighted by Gasteiger charge is -2.16. The second-order valence-corrected chi connectivity index (χ2v) is 8.60. The van der Waals surface area contributed by atoms with Gasteiger partial charge in [-0.25, -0.2) is 4.98 Å². The summed E-state index contributed by atoms with van der Waals surface area (Å²) in [6, 6.07) is 10.8. The molecule has 1 saturated heterocycles. The molecule has 164 valence electrons. The summed E-state index contributed by atoms with van der Waals surface area (Å²) in [6.45, 7) is 6.54. The van der Waals surface area contributed by atoms with Crippen LogP contribution in [-0.2, 0) is 5.92 Å². The number of hydrogen-bond donors (Lipinski definition) is 2. The smallest absolute Gasteiger partial charge is 0.299 e. The highest BCUT2D eigenvalue weighted by Gasteiger charge is 2.44. The maximum Gasteiger partial charge on any atom is 0.299 e. The molecule has 32 heavy (non-hydrogen) atoms. The molecule has 2 aromatic carbocycles. The molecule has 1 fully saturated rings. The molecule has 5 rings (SSSR count). The summed E-state index contributed by atoms with van der Waals surface area (Å²) in [5.74, 6) is -2.16. The number of rotatable bonds is 5. The van der Waals surface area contributed by atoms with Crippen molar-refractivity contribution in [1.29, 1.82) is 0 Å². The van der Waals surface area contributed by atoms with Gasteiger partial charge >= 0.3 is 0 Å². The van der Waals surface area contributed by atoms with Crippen molar-refractivity contribution in [3.63, 3.8) is 0 Å². The SMILES string of the molecule is C=CN/C=C(\C)c1ccc2c(c1)C(F)(F)c1cc(-c3c[nH]c(C4CCCN4C)n3)ccc1-2. The third kappa shape index (κ3) is 3.26. The molecule has 1 aliphatic carbocycles. The van der Waals surface area contributed by atoms with Crippen LogP contribution in [-0.4, -0.2) is 28.5 Å². The summed E-state index contributed by atoms with van der Waals surface area (Å²) in [5, 5.41) is 2.90. The van der Waals surface area contributed by atoms with Gasteiger partial charge in [0.05, 0.1) is 11.7 Å². The number of fused-ring (bicyclic) bond motifs is 3. The van der Waals surface area contributed by atoms with Crippen LogP contribution < -0.4 is 5.32 Å². The molecule has 1 unspecified atom stereocenters. The van der Waals surface area contributed by atoms with Gasteiger partial charge in [0.2, 0.25) is 0 Å². The molecule has 2 heterocycles. The first-order chi connectivity index (χ1) is 15.4. The van der Waals surface area contributed by atoms with Crippen LogP contribution in [0.2, 0.25) is 0 Å². The average molecular weight is 433 g/mol. The van der Waals surface area contributed by atoms with E-state index in [0.29, 0.717) is 22.4 Å². The number of aromatic amines is 1. The Labute approximate surface area is 186 Å². The zero-order valence-corrected chi connectivity index (χ0v) is 18.3. The van der Waals surface area contributed by atoms with Gasteiger partial charge in [0.15, 0.2) is 0 Å². The van der Waals surface area contributed by atoms with Gasteiger partial charge in [0, 0.05) is 29.1 Å². The highest BCUT2D eigenvalue weighted by Crippen LogP contribution is 2.52. The maximum absolute atomic E-state index is 15.5. The van der Waals surface area contributed by atoms with E-state index in [0.717, 1.165) is 36.3 Å². The summed E-state index contributed by atoms with van der Waals surface area (Å²) in [7, 11) is 2.09. The molecule has 4 nitrogen and oxygen atoms in total. The van der Waals surface area contributed by atoms with Gasteiger partial charge in [-0.15, -0.1) is 0 Å². The third-order valence-electron chi connectivity index (χ3n) is 6.61. The number of likely N-dealkylation sites (tertiary alicyclic amines) is 1. The number of halogens is 2. The maximum atomic E-state index is 15.5. The molecular weight excluding hydrogens is 406 g/mol. The number of aromatic nitrogens is 2. The van der Waals surface area contributed by atoms with E-state index in [1.54, 1.807) is 36.7 Å². The fourth-order valence-electron chi connectivity index (χ4n) is 4.81. The largest absolute Gasteiger partial charge is 0.368 e. The Morgan fingerprint density at radius 2 is 1.97 bits per heavy atom. The molecule has 1 aromatic heterocycles. The minimum Gasteiger partial charge on any atom is -0.368 e. The number of allylic oxidation sites excluding steroid dienone is 1. The number of alkyl halides is 2. The lowest BCUT2D eigenvalue weighted by atomic mass is 9.99. The summed E-state index contributed by atoms with van der Waals surface area (Å²) in [6.07, 6.45) is 7.32. The van der Waals surface area contributed by atoms with Crippen LogP contribution >= 0.6 is 0 Å². The van der Waals surface area contributed by atoms with Crippen LogP contribution in [0, 0.1) is 0 Å².